The van der Waals surface area contributed by atoms with Crippen molar-refractivity contribution in [2.24, 2.45) is 17.8 Å². The van der Waals surface area contributed by atoms with Gasteiger partial charge in [-0.3, -0.25) is 9.59 Å². The minimum Gasteiger partial charge on any atom is -0.481 e. The summed E-state index contributed by atoms with van der Waals surface area (Å²) >= 11 is 0. The molecular formula is C19H34O4. The summed E-state index contributed by atoms with van der Waals surface area (Å²) in [5.74, 6) is -1.74. The topological polar surface area (TPSA) is 63.6 Å². The fourth-order valence-electron chi connectivity index (χ4n) is 3.74. The summed E-state index contributed by atoms with van der Waals surface area (Å²) in [7, 11) is 0. The van der Waals surface area contributed by atoms with Crippen molar-refractivity contribution in [3.05, 3.63) is 0 Å². The first-order valence-corrected chi connectivity index (χ1v) is 9.48. The van der Waals surface area contributed by atoms with Gasteiger partial charge >= 0.3 is 11.9 Å². The zero-order chi connectivity index (χ0) is 17.2. The smallest absolute Gasteiger partial charge is 0.310 e. The highest BCUT2D eigenvalue weighted by atomic mass is 16.5. The predicted molar refractivity (Wildman–Crippen MR) is 91.2 cm³/mol. The van der Waals surface area contributed by atoms with Gasteiger partial charge in [0.1, 0.15) is 6.10 Å². The van der Waals surface area contributed by atoms with E-state index in [1.807, 2.05) is 0 Å². The van der Waals surface area contributed by atoms with Crippen molar-refractivity contribution in [1.82, 2.24) is 0 Å². The molecule has 4 atom stereocenters. The van der Waals surface area contributed by atoms with Crippen LogP contribution in [-0.2, 0) is 14.3 Å². The molecule has 4 unspecified atom stereocenters. The molecule has 1 aliphatic carbocycles. The Kier molecular flexibility index (Phi) is 9.27. The van der Waals surface area contributed by atoms with E-state index in [-0.39, 0.29) is 12.1 Å². The van der Waals surface area contributed by atoms with E-state index in [0.717, 1.165) is 51.4 Å². The molecule has 4 nitrogen and oxygen atoms in total. The van der Waals surface area contributed by atoms with Crippen LogP contribution in [0.15, 0.2) is 0 Å². The molecule has 0 aromatic carbocycles. The van der Waals surface area contributed by atoms with Crippen LogP contribution in [0.4, 0.5) is 0 Å². The van der Waals surface area contributed by atoms with Gasteiger partial charge in [-0.15, -0.1) is 0 Å². The average molecular weight is 326 g/mol. The van der Waals surface area contributed by atoms with Crippen LogP contribution in [-0.4, -0.2) is 23.1 Å². The number of carboxylic acid groups (broad SMARTS) is 1. The SMILES string of the molecule is CCCCC(CC)C(CCC)OC(=O)C1CCCCC1C(=O)O. The highest BCUT2D eigenvalue weighted by molar-refractivity contribution is 5.81. The second-order valence-corrected chi connectivity index (χ2v) is 6.91. The highest BCUT2D eigenvalue weighted by Gasteiger charge is 2.38. The molecule has 23 heavy (non-hydrogen) atoms. The molecule has 0 saturated heterocycles. The number of hydrogen-bond donors (Lipinski definition) is 1. The van der Waals surface area contributed by atoms with Crippen molar-refractivity contribution in [3.63, 3.8) is 0 Å². The van der Waals surface area contributed by atoms with E-state index >= 15 is 0 Å². The van der Waals surface area contributed by atoms with E-state index in [0.29, 0.717) is 18.8 Å². The number of esters is 1. The predicted octanol–water partition coefficient (Wildman–Crippen LogP) is 4.81. The number of aliphatic carboxylic acids is 1. The maximum absolute atomic E-state index is 12.6. The highest BCUT2D eigenvalue weighted by Crippen LogP contribution is 2.33. The van der Waals surface area contributed by atoms with Crippen LogP contribution in [0.5, 0.6) is 0 Å². The van der Waals surface area contributed by atoms with Crippen LogP contribution in [0, 0.1) is 17.8 Å². The number of ether oxygens (including phenoxy) is 1. The first kappa shape index (κ1) is 20.0. The molecule has 0 heterocycles. The Balaban J connectivity index is 2.72. The molecule has 0 aromatic heterocycles. The summed E-state index contributed by atoms with van der Waals surface area (Å²) in [6, 6.07) is 0. The summed E-state index contributed by atoms with van der Waals surface area (Å²) in [4.78, 5) is 24.0. The molecule has 1 N–H and O–H groups in total. The van der Waals surface area contributed by atoms with Crippen LogP contribution in [0.25, 0.3) is 0 Å². The minimum atomic E-state index is -0.850. The summed E-state index contributed by atoms with van der Waals surface area (Å²) < 4.78 is 5.86. The van der Waals surface area contributed by atoms with Gasteiger partial charge in [0.05, 0.1) is 11.8 Å². The second kappa shape index (κ2) is 10.7. The first-order valence-electron chi connectivity index (χ1n) is 9.48. The van der Waals surface area contributed by atoms with E-state index in [1.54, 1.807) is 0 Å². The lowest BCUT2D eigenvalue weighted by molar-refractivity contribution is -0.166. The summed E-state index contributed by atoms with van der Waals surface area (Å²) in [6.07, 6.45) is 9.25. The minimum absolute atomic E-state index is 0.0552. The Morgan fingerprint density at radius 2 is 1.70 bits per heavy atom. The molecule has 0 aliphatic heterocycles. The van der Waals surface area contributed by atoms with Crippen molar-refractivity contribution in [3.8, 4) is 0 Å². The molecule has 0 radical (unpaired) electrons. The number of carbonyl (C=O) groups is 2. The number of rotatable bonds is 10. The maximum Gasteiger partial charge on any atom is 0.310 e. The van der Waals surface area contributed by atoms with Gasteiger partial charge in [0, 0.05) is 0 Å². The molecule has 1 saturated carbocycles. The lowest BCUT2D eigenvalue weighted by Crippen LogP contribution is -2.37. The van der Waals surface area contributed by atoms with Crippen molar-refractivity contribution < 1.29 is 19.4 Å². The van der Waals surface area contributed by atoms with Crippen LogP contribution < -0.4 is 0 Å². The molecule has 0 spiro atoms. The maximum atomic E-state index is 12.6. The van der Waals surface area contributed by atoms with E-state index in [2.05, 4.69) is 20.8 Å². The van der Waals surface area contributed by atoms with E-state index < -0.39 is 17.8 Å². The largest absolute Gasteiger partial charge is 0.481 e. The molecule has 1 aliphatic rings. The zero-order valence-electron chi connectivity index (χ0n) is 15.1. The fraction of sp³-hybridized carbons (Fsp3) is 0.895. The number of hydrogen-bond acceptors (Lipinski definition) is 3. The average Bonchev–Trinajstić information content (AvgIpc) is 2.55. The van der Waals surface area contributed by atoms with Gasteiger partial charge in [-0.1, -0.05) is 52.9 Å². The molecule has 1 fully saturated rings. The lowest BCUT2D eigenvalue weighted by atomic mass is 9.79. The third kappa shape index (κ3) is 6.15. The van der Waals surface area contributed by atoms with E-state index in [4.69, 9.17) is 4.74 Å². The summed E-state index contributed by atoms with van der Waals surface area (Å²) in [6.45, 7) is 6.43. The standard InChI is InChI=1S/C19H34O4/c1-4-7-11-14(6-3)17(10-5-2)23-19(22)16-13-9-8-12-15(16)18(20)21/h14-17H,4-13H2,1-3H3,(H,20,21). The van der Waals surface area contributed by atoms with Crippen molar-refractivity contribution in [1.29, 1.82) is 0 Å². The number of carboxylic acids is 1. The van der Waals surface area contributed by atoms with Gasteiger partial charge in [0.25, 0.3) is 0 Å². The summed E-state index contributed by atoms with van der Waals surface area (Å²) in [5, 5.41) is 9.36. The van der Waals surface area contributed by atoms with Gasteiger partial charge in [-0.05, 0) is 38.0 Å². The quantitative estimate of drug-likeness (QED) is 0.585. The second-order valence-electron chi connectivity index (χ2n) is 6.91. The van der Waals surface area contributed by atoms with Crippen LogP contribution in [0.1, 0.15) is 85.0 Å². The van der Waals surface area contributed by atoms with Gasteiger partial charge < -0.3 is 9.84 Å². The summed E-state index contributed by atoms with van der Waals surface area (Å²) in [5.41, 5.74) is 0. The first-order chi connectivity index (χ1) is 11.0. The van der Waals surface area contributed by atoms with Crippen LogP contribution in [0.3, 0.4) is 0 Å². The molecule has 0 aromatic rings. The van der Waals surface area contributed by atoms with Crippen LogP contribution >= 0.6 is 0 Å². The third-order valence-electron chi connectivity index (χ3n) is 5.21. The Labute approximate surface area is 141 Å². The molecule has 134 valence electrons. The van der Waals surface area contributed by atoms with Gasteiger partial charge in [-0.2, -0.15) is 0 Å². The zero-order valence-corrected chi connectivity index (χ0v) is 15.1. The van der Waals surface area contributed by atoms with Crippen molar-refractivity contribution in [2.75, 3.05) is 0 Å². The lowest BCUT2D eigenvalue weighted by Gasteiger charge is -2.31. The van der Waals surface area contributed by atoms with E-state index in [1.165, 1.54) is 0 Å². The Hall–Kier alpha value is -1.06. The number of carbonyl (C=O) groups excluding carboxylic acids is 1. The van der Waals surface area contributed by atoms with Crippen LogP contribution in [0.2, 0.25) is 0 Å². The van der Waals surface area contributed by atoms with Gasteiger partial charge in [0.2, 0.25) is 0 Å². The number of unbranched alkanes of at least 4 members (excludes halogenated alkanes) is 1. The normalized spacial score (nSPS) is 24.0. The van der Waals surface area contributed by atoms with E-state index in [9.17, 15) is 14.7 Å². The third-order valence-corrected chi connectivity index (χ3v) is 5.21. The fourth-order valence-corrected chi connectivity index (χ4v) is 3.74. The molecular weight excluding hydrogens is 292 g/mol. The molecule has 0 bridgehead atoms. The Bertz CT molecular complexity index is 366. The Morgan fingerprint density at radius 1 is 1.04 bits per heavy atom. The monoisotopic (exact) mass is 326 g/mol. The van der Waals surface area contributed by atoms with Crippen molar-refractivity contribution in [2.45, 2.75) is 91.1 Å². The molecule has 1 rings (SSSR count). The van der Waals surface area contributed by atoms with Gasteiger partial charge in [-0.25, -0.2) is 0 Å². The van der Waals surface area contributed by atoms with Gasteiger partial charge in [0.15, 0.2) is 0 Å². The molecule has 4 heteroatoms. The Morgan fingerprint density at radius 3 is 2.22 bits per heavy atom. The van der Waals surface area contributed by atoms with Crippen molar-refractivity contribution >= 4 is 11.9 Å². The molecule has 0 amide bonds.